The predicted molar refractivity (Wildman–Crippen MR) is 102 cm³/mol. The number of aryl methyl sites for hydroxylation is 1. The van der Waals surface area contributed by atoms with Gasteiger partial charge in [0.2, 0.25) is 5.91 Å². The van der Waals surface area contributed by atoms with E-state index in [0.717, 1.165) is 11.3 Å². The summed E-state index contributed by atoms with van der Waals surface area (Å²) in [6, 6.07) is 12.4. The molecule has 0 unspecified atom stereocenters. The predicted octanol–water partition coefficient (Wildman–Crippen LogP) is 3.84. The van der Waals surface area contributed by atoms with Gasteiger partial charge in [0.15, 0.2) is 0 Å². The third-order valence-corrected chi connectivity index (χ3v) is 3.69. The second-order valence-electron chi connectivity index (χ2n) is 6.07. The summed E-state index contributed by atoms with van der Waals surface area (Å²) in [5, 5.41) is 9.27. The molecule has 0 bridgehead atoms. The van der Waals surface area contributed by atoms with Crippen LogP contribution in [0, 0.1) is 6.92 Å². The molecule has 0 aliphatic heterocycles. The molecular weight excluding hydrogens is 338 g/mol. The van der Waals surface area contributed by atoms with Gasteiger partial charge < -0.3 is 16.0 Å². The zero-order chi connectivity index (χ0) is 18.4. The maximum absolute atomic E-state index is 12.0. The fraction of sp³-hybridized carbons (Fsp3) is 0.263. The Hall–Kier alpha value is -2.53. The van der Waals surface area contributed by atoms with Crippen molar-refractivity contribution in [2.75, 3.05) is 17.2 Å². The number of carbonyl (C=O) groups excluding carboxylic acids is 2. The molecule has 2 aromatic rings. The van der Waals surface area contributed by atoms with Crippen LogP contribution in [0.25, 0.3) is 0 Å². The molecule has 0 fully saturated rings. The molecule has 25 heavy (non-hydrogen) atoms. The summed E-state index contributed by atoms with van der Waals surface area (Å²) in [4.78, 5) is 24.0. The summed E-state index contributed by atoms with van der Waals surface area (Å²) in [7, 11) is 0. The van der Waals surface area contributed by atoms with Gasteiger partial charge >= 0.3 is 0 Å². The molecule has 0 heterocycles. The molecule has 2 rings (SSSR count). The Morgan fingerprint density at radius 3 is 2.52 bits per heavy atom. The van der Waals surface area contributed by atoms with E-state index in [2.05, 4.69) is 16.0 Å². The first-order valence-corrected chi connectivity index (χ1v) is 8.44. The summed E-state index contributed by atoms with van der Waals surface area (Å²) in [6.07, 6.45) is 0. The van der Waals surface area contributed by atoms with Crippen molar-refractivity contribution in [2.24, 2.45) is 0 Å². The lowest BCUT2D eigenvalue weighted by Gasteiger charge is -2.13. The van der Waals surface area contributed by atoms with Gasteiger partial charge in [-0.1, -0.05) is 17.7 Å². The number of rotatable bonds is 6. The van der Waals surface area contributed by atoms with Crippen molar-refractivity contribution in [2.45, 2.75) is 26.8 Å². The van der Waals surface area contributed by atoms with Crippen LogP contribution in [0.4, 0.5) is 11.4 Å². The number of halogens is 1. The van der Waals surface area contributed by atoms with E-state index in [0.29, 0.717) is 16.3 Å². The van der Waals surface area contributed by atoms with Crippen molar-refractivity contribution in [3.8, 4) is 0 Å². The van der Waals surface area contributed by atoms with Crippen molar-refractivity contribution in [1.29, 1.82) is 0 Å². The van der Waals surface area contributed by atoms with Crippen molar-refractivity contribution >= 4 is 34.8 Å². The van der Waals surface area contributed by atoms with Crippen LogP contribution in [0.1, 0.15) is 29.8 Å². The van der Waals surface area contributed by atoms with Gasteiger partial charge in [-0.15, -0.1) is 0 Å². The van der Waals surface area contributed by atoms with Crippen LogP contribution >= 0.6 is 11.6 Å². The molecule has 0 saturated heterocycles. The van der Waals surface area contributed by atoms with Crippen LogP contribution in [-0.2, 0) is 4.79 Å². The molecule has 2 amide bonds. The highest BCUT2D eigenvalue weighted by molar-refractivity contribution is 6.30. The monoisotopic (exact) mass is 359 g/mol. The van der Waals surface area contributed by atoms with E-state index in [1.54, 1.807) is 42.5 Å². The molecule has 0 spiro atoms. The van der Waals surface area contributed by atoms with Crippen LogP contribution in [0.5, 0.6) is 0 Å². The second kappa shape index (κ2) is 8.53. The highest BCUT2D eigenvalue weighted by atomic mass is 35.5. The van der Waals surface area contributed by atoms with Gasteiger partial charge in [0.1, 0.15) is 0 Å². The zero-order valence-corrected chi connectivity index (χ0v) is 15.3. The molecule has 6 heteroatoms. The van der Waals surface area contributed by atoms with Crippen molar-refractivity contribution in [1.82, 2.24) is 5.32 Å². The van der Waals surface area contributed by atoms with Crippen LogP contribution in [0.3, 0.4) is 0 Å². The van der Waals surface area contributed by atoms with Gasteiger partial charge in [0.05, 0.1) is 6.54 Å². The van der Waals surface area contributed by atoms with E-state index in [9.17, 15) is 9.59 Å². The Morgan fingerprint density at radius 2 is 1.88 bits per heavy atom. The maximum Gasteiger partial charge on any atom is 0.251 e. The van der Waals surface area contributed by atoms with Crippen LogP contribution in [-0.4, -0.2) is 24.4 Å². The lowest BCUT2D eigenvalue weighted by molar-refractivity contribution is -0.114. The van der Waals surface area contributed by atoms with Crippen LogP contribution in [0.15, 0.2) is 42.5 Å². The van der Waals surface area contributed by atoms with Gasteiger partial charge in [0, 0.05) is 28.0 Å². The quantitative estimate of drug-likeness (QED) is 0.734. The Balaban J connectivity index is 1.94. The normalized spacial score (nSPS) is 10.4. The number of hydrogen-bond acceptors (Lipinski definition) is 3. The second-order valence-corrected chi connectivity index (χ2v) is 6.51. The Labute approximate surface area is 152 Å². The first-order chi connectivity index (χ1) is 11.8. The maximum atomic E-state index is 12.0. The van der Waals surface area contributed by atoms with E-state index < -0.39 is 0 Å². The van der Waals surface area contributed by atoms with E-state index >= 15 is 0 Å². The van der Waals surface area contributed by atoms with Crippen LogP contribution in [0.2, 0.25) is 5.02 Å². The van der Waals surface area contributed by atoms with Crippen molar-refractivity contribution < 1.29 is 9.59 Å². The smallest absolute Gasteiger partial charge is 0.251 e. The Kier molecular flexibility index (Phi) is 6.42. The summed E-state index contributed by atoms with van der Waals surface area (Å²) in [6.45, 7) is 5.84. The first-order valence-electron chi connectivity index (χ1n) is 8.06. The molecule has 0 radical (unpaired) electrons. The molecule has 3 N–H and O–H groups in total. The average molecular weight is 360 g/mol. The number of carbonyl (C=O) groups is 2. The van der Waals surface area contributed by atoms with Crippen molar-refractivity contribution in [3.63, 3.8) is 0 Å². The van der Waals surface area contributed by atoms with Gasteiger partial charge in [-0.3, -0.25) is 9.59 Å². The number of anilines is 2. The topological polar surface area (TPSA) is 70.2 Å². The molecular formula is C19H22ClN3O2. The fourth-order valence-electron chi connectivity index (χ4n) is 2.30. The standard InChI is InChI=1S/C19H22ClN3O2/c1-12(2)22-19(25)14-7-8-17(13(3)9-14)21-11-18(24)23-16-6-4-5-15(20)10-16/h4-10,12,21H,11H2,1-3H3,(H,22,25)(H,23,24). The molecule has 0 aliphatic rings. The summed E-state index contributed by atoms with van der Waals surface area (Å²) in [5.74, 6) is -0.286. The Bertz CT molecular complexity index is 775. The Morgan fingerprint density at radius 1 is 1.12 bits per heavy atom. The number of hydrogen-bond donors (Lipinski definition) is 3. The highest BCUT2D eigenvalue weighted by Gasteiger charge is 2.09. The molecule has 0 aliphatic carbocycles. The number of nitrogens with one attached hydrogen (secondary N) is 3. The summed E-state index contributed by atoms with van der Waals surface area (Å²) < 4.78 is 0. The van der Waals surface area contributed by atoms with E-state index in [1.165, 1.54) is 0 Å². The SMILES string of the molecule is Cc1cc(C(=O)NC(C)C)ccc1NCC(=O)Nc1cccc(Cl)c1. The fourth-order valence-corrected chi connectivity index (χ4v) is 2.49. The zero-order valence-electron chi connectivity index (χ0n) is 14.5. The molecule has 0 aromatic heterocycles. The highest BCUT2D eigenvalue weighted by Crippen LogP contribution is 2.17. The summed E-state index contributed by atoms with van der Waals surface area (Å²) in [5.41, 5.74) is 2.95. The molecule has 0 atom stereocenters. The average Bonchev–Trinajstić information content (AvgIpc) is 2.53. The molecule has 0 saturated carbocycles. The molecule has 2 aromatic carbocycles. The molecule has 132 valence electrons. The minimum absolute atomic E-state index is 0.0841. The minimum Gasteiger partial charge on any atom is -0.376 e. The first kappa shape index (κ1) is 18.8. The number of benzene rings is 2. The van der Waals surface area contributed by atoms with E-state index in [-0.39, 0.29) is 24.4 Å². The third-order valence-electron chi connectivity index (χ3n) is 3.46. The van der Waals surface area contributed by atoms with E-state index in [1.807, 2.05) is 20.8 Å². The summed E-state index contributed by atoms with van der Waals surface area (Å²) >= 11 is 5.89. The van der Waals surface area contributed by atoms with Gasteiger partial charge in [-0.25, -0.2) is 0 Å². The largest absolute Gasteiger partial charge is 0.376 e. The third kappa shape index (κ3) is 5.80. The number of amides is 2. The van der Waals surface area contributed by atoms with Crippen LogP contribution < -0.4 is 16.0 Å². The lowest BCUT2D eigenvalue weighted by Crippen LogP contribution is -2.30. The van der Waals surface area contributed by atoms with Gasteiger partial charge in [-0.2, -0.15) is 0 Å². The van der Waals surface area contributed by atoms with Crippen molar-refractivity contribution in [3.05, 3.63) is 58.6 Å². The van der Waals surface area contributed by atoms with Gasteiger partial charge in [-0.05, 0) is 62.7 Å². The van der Waals surface area contributed by atoms with E-state index in [4.69, 9.17) is 11.6 Å². The van der Waals surface area contributed by atoms with Gasteiger partial charge in [0.25, 0.3) is 5.91 Å². The molecule has 5 nitrogen and oxygen atoms in total. The minimum atomic E-state index is -0.178. The lowest BCUT2D eigenvalue weighted by atomic mass is 10.1.